The van der Waals surface area contributed by atoms with Crippen molar-refractivity contribution in [3.63, 3.8) is 0 Å². The van der Waals surface area contributed by atoms with Crippen LogP contribution in [0.4, 0.5) is 4.39 Å². The summed E-state index contributed by atoms with van der Waals surface area (Å²) in [5.74, 6) is -2.87. The predicted octanol–water partition coefficient (Wildman–Crippen LogP) is 4.94. The maximum absolute atomic E-state index is 14.6. The summed E-state index contributed by atoms with van der Waals surface area (Å²) in [5.41, 5.74) is 0.930. The summed E-state index contributed by atoms with van der Waals surface area (Å²) in [6.45, 7) is 1.96. The molecule has 5 aliphatic rings. The van der Waals surface area contributed by atoms with Gasteiger partial charge in [0.1, 0.15) is 12.1 Å². The fraction of sp³-hybridized carbons (Fsp3) is 0.541. The maximum Gasteiger partial charge on any atom is 0.363 e. The lowest BCUT2D eigenvalue weighted by Gasteiger charge is -2.44. The molecule has 0 unspecified atom stereocenters. The molecule has 272 valence electrons. The van der Waals surface area contributed by atoms with E-state index < -0.39 is 31.5 Å². The number of fused-ring (bicyclic) bond motifs is 2. The van der Waals surface area contributed by atoms with Gasteiger partial charge in [-0.3, -0.25) is 23.8 Å². The van der Waals surface area contributed by atoms with Crippen LogP contribution in [0.15, 0.2) is 54.6 Å². The zero-order chi connectivity index (χ0) is 35.7. The van der Waals surface area contributed by atoms with Gasteiger partial charge in [0.05, 0.1) is 24.1 Å². The van der Waals surface area contributed by atoms with E-state index in [4.69, 9.17) is 4.74 Å². The normalized spacial score (nSPS) is 28.4. The van der Waals surface area contributed by atoms with Crippen LogP contribution in [-0.2, 0) is 18.9 Å². The molecule has 1 saturated carbocycles. The largest absolute Gasteiger partial charge is 0.378 e. The van der Waals surface area contributed by atoms with Gasteiger partial charge in [0.25, 0.3) is 5.91 Å². The summed E-state index contributed by atoms with van der Waals surface area (Å²) < 4.78 is 32.1. The van der Waals surface area contributed by atoms with Crippen LogP contribution in [0.2, 0.25) is 0 Å². The van der Waals surface area contributed by atoms with Crippen LogP contribution >= 0.6 is 18.9 Å². The Morgan fingerprint density at radius 1 is 1.06 bits per heavy atom. The number of amides is 3. The average molecular weight is 739 g/mol. The lowest BCUT2D eigenvalue weighted by molar-refractivity contribution is -0.149. The third-order valence-corrected chi connectivity index (χ3v) is 14.1. The van der Waals surface area contributed by atoms with E-state index in [0.29, 0.717) is 54.0 Å². The molecule has 8 rings (SSSR count). The molecule has 6 atom stereocenters. The first-order valence-electron chi connectivity index (χ1n) is 17.9. The van der Waals surface area contributed by atoms with Crippen molar-refractivity contribution in [2.75, 3.05) is 26.8 Å². The standard InChI is InChI=1S/C37H44FN4O7PS/c1-40(28-20-49-21-28)26-8-10-29(39-34(43)32-16-24-15-23(7-12-31(24)51-32)33(38)50(46,47)48)35(44)42-27(17-26)9-11-30(42)36(45)41-19-25(18-37(41)13-14-37)22-5-3-2-4-6-22/h2-7,12,15-16,25-30,33H,8-11,13-14,17-21H2,1H3,(H,39,43)(H2,46,47,48)/t25-,26+,27-,29+,30+,33-/m1/s1. The summed E-state index contributed by atoms with van der Waals surface area (Å²) in [7, 11) is -2.90. The molecule has 3 aromatic rings. The zero-order valence-corrected chi connectivity index (χ0v) is 30.2. The number of hydrogen-bond donors (Lipinski definition) is 3. The number of ether oxygens (including phenoxy) is 1. The second kappa shape index (κ2) is 13.3. The van der Waals surface area contributed by atoms with Crippen molar-refractivity contribution in [2.45, 2.75) is 98.9 Å². The Hall–Kier alpha value is -3.19. The molecule has 51 heavy (non-hydrogen) atoms. The number of hydrogen-bond acceptors (Lipinski definition) is 7. The lowest BCUT2D eigenvalue weighted by Crippen LogP contribution is -2.60. The molecular weight excluding hydrogens is 694 g/mol. The topological polar surface area (TPSA) is 140 Å². The summed E-state index contributed by atoms with van der Waals surface area (Å²) in [5, 5.41) is 3.48. The highest BCUT2D eigenvalue weighted by molar-refractivity contribution is 7.51. The minimum absolute atomic E-state index is 0.0199. The molecule has 4 saturated heterocycles. The molecule has 14 heteroatoms. The number of halogens is 1. The number of nitrogens with one attached hydrogen (secondary N) is 1. The molecule has 1 aromatic heterocycles. The van der Waals surface area contributed by atoms with E-state index in [-0.39, 0.29) is 47.0 Å². The smallest absolute Gasteiger partial charge is 0.363 e. The SMILES string of the molecule is CN(C1COC1)[C@H]1CC[C@H](NC(=O)c2cc3cc([C@H](F)P(=O)(O)O)ccc3s2)C(=O)N2[C@H](CC[C@H]2C(=O)N2C[C@H](c3ccccc3)CC23CC3)C1. The van der Waals surface area contributed by atoms with Crippen LogP contribution in [0.1, 0.15) is 84.0 Å². The molecule has 2 aromatic carbocycles. The minimum Gasteiger partial charge on any atom is -0.378 e. The summed E-state index contributed by atoms with van der Waals surface area (Å²) in [6.07, 6.45) is 6.04. The Bertz CT molecular complexity index is 1880. The number of nitrogens with zero attached hydrogens (tertiary/aromatic N) is 3. The van der Waals surface area contributed by atoms with Crippen molar-refractivity contribution in [3.8, 4) is 0 Å². The number of thiophene rings is 1. The van der Waals surface area contributed by atoms with E-state index >= 15 is 0 Å². The summed E-state index contributed by atoms with van der Waals surface area (Å²) >= 11 is 1.16. The van der Waals surface area contributed by atoms with E-state index in [1.165, 1.54) is 23.8 Å². The molecule has 4 aliphatic heterocycles. The third-order valence-electron chi connectivity index (χ3n) is 12.1. The molecule has 1 aliphatic carbocycles. The molecule has 3 N–H and O–H groups in total. The van der Waals surface area contributed by atoms with Crippen molar-refractivity contribution in [1.82, 2.24) is 20.0 Å². The van der Waals surface area contributed by atoms with Gasteiger partial charge in [-0.15, -0.1) is 11.3 Å². The van der Waals surface area contributed by atoms with Gasteiger partial charge in [-0.25, -0.2) is 4.39 Å². The van der Waals surface area contributed by atoms with Crippen LogP contribution in [0.5, 0.6) is 0 Å². The van der Waals surface area contributed by atoms with Gasteiger partial charge in [-0.1, -0.05) is 36.4 Å². The first-order valence-corrected chi connectivity index (χ1v) is 20.4. The number of alkyl halides is 1. The Kier molecular flexibility index (Phi) is 9.12. The monoisotopic (exact) mass is 738 g/mol. The van der Waals surface area contributed by atoms with E-state index in [1.807, 2.05) is 23.1 Å². The Morgan fingerprint density at radius 3 is 2.51 bits per heavy atom. The van der Waals surface area contributed by atoms with Gasteiger partial charge in [0.2, 0.25) is 17.7 Å². The number of likely N-dealkylation sites (tertiary alicyclic amines) is 1. The fourth-order valence-electron chi connectivity index (χ4n) is 8.91. The zero-order valence-electron chi connectivity index (χ0n) is 28.5. The van der Waals surface area contributed by atoms with Crippen molar-refractivity contribution in [2.24, 2.45) is 0 Å². The Morgan fingerprint density at radius 2 is 1.82 bits per heavy atom. The van der Waals surface area contributed by atoms with E-state index in [1.54, 1.807) is 6.07 Å². The molecule has 0 radical (unpaired) electrons. The molecule has 11 nitrogen and oxygen atoms in total. The number of carbonyl (C=O) groups is 3. The molecule has 0 bridgehead atoms. The number of benzene rings is 2. The fourth-order valence-corrected chi connectivity index (χ4v) is 10.4. The number of likely N-dealkylation sites (N-methyl/N-ethyl adjacent to an activating group) is 1. The van der Waals surface area contributed by atoms with Crippen molar-refractivity contribution in [1.29, 1.82) is 0 Å². The van der Waals surface area contributed by atoms with Crippen molar-refractivity contribution in [3.05, 3.63) is 70.6 Å². The third kappa shape index (κ3) is 6.55. The predicted molar refractivity (Wildman–Crippen MR) is 190 cm³/mol. The number of carbonyl (C=O) groups excluding carboxylic acids is 3. The highest BCUT2D eigenvalue weighted by Crippen LogP contribution is 2.55. The van der Waals surface area contributed by atoms with Crippen LogP contribution in [0.3, 0.4) is 0 Å². The average Bonchev–Trinajstić information content (AvgIpc) is 3.39. The highest BCUT2D eigenvalue weighted by Gasteiger charge is 2.58. The summed E-state index contributed by atoms with van der Waals surface area (Å²) in [4.78, 5) is 68.2. The minimum atomic E-state index is -5.00. The van der Waals surface area contributed by atoms with Gasteiger partial charge in [0, 0.05) is 34.8 Å². The second-order valence-electron chi connectivity index (χ2n) is 15.2. The Balaban J connectivity index is 1.05. The van der Waals surface area contributed by atoms with Crippen LogP contribution < -0.4 is 5.32 Å². The molecule has 3 amide bonds. The van der Waals surface area contributed by atoms with Crippen molar-refractivity contribution >= 4 is 46.7 Å². The van der Waals surface area contributed by atoms with Gasteiger partial charge in [-0.05, 0) is 93.1 Å². The van der Waals surface area contributed by atoms with Gasteiger partial charge >= 0.3 is 7.60 Å². The first kappa shape index (κ1) is 34.9. The lowest BCUT2D eigenvalue weighted by atomic mass is 9.92. The first-order chi connectivity index (χ1) is 24.4. The Labute approximate surface area is 300 Å². The van der Waals surface area contributed by atoms with Crippen LogP contribution in [-0.4, -0.2) is 105 Å². The number of rotatable bonds is 8. The summed E-state index contributed by atoms with van der Waals surface area (Å²) in [6, 6.07) is 15.0. The molecule has 5 fully saturated rings. The maximum atomic E-state index is 14.6. The van der Waals surface area contributed by atoms with Gasteiger partial charge < -0.3 is 29.6 Å². The molecular formula is C37H44FN4O7PS. The van der Waals surface area contributed by atoms with E-state index in [2.05, 4.69) is 34.3 Å². The molecule has 1 spiro atoms. The molecule has 5 heterocycles. The van der Waals surface area contributed by atoms with E-state index in [0.717, 1.165) is 43.4 Å². The second-order valence-corrected chi connectivity index (χ2v) is 17.9. The van der Waals surface area contributed by atoms with Gasteiger partial charge in [0.15, 0.2) is 0 Å². The van der Waals surface area contributed by atoms with E-state index in [9.17, 15) is 33.1 Å². The van der Waals surface area contributed by atoms with Crippen LogP contribution in [0, 0.1) is 0 Å². The highest BCUT2D eigenvalue weighted by atomic mass is 32.1. The quantitative estimate of drug-likeness (QED) is 0.277. The van der Waals surface area contributed by atoms with Gasteiger partial charge in [-0.2, -0.15) is 0 Å². The van der Waals surface area contributed by atoms with Crippen LogP contribution in [0.25, 0.3) is 10.1 Å². The van der Waals surface area contributed by atoms with Crippen molar-refractivity contribution < 1.29 is 37.9 Å².